The predicted octanol–water partition coefficient (Wildman–Crippen LogP) is 2.98. The molecule has 1 unspecified atom stereocenters. The first-order valence-corrected chi connectivity index (χ1v) is 6.92. The Morgan fingerprint density at radius 1 is 1.31 bits per heavy atom. The van der Waals surface area contributed by atoms with E-state index in [2.05, 4.69) is 23.5 Å². The molecule has 2 nitrogen and oxygen atoms in total. The van der Waals surface area contributed by atoms with Gasteiger partial charge in [-0.3, -0.25) is 0 Å². The summed E-state index contributed by atoms with van der Waals surface area (Å²) >= 11 is 1.95. The second-order valence-corrected chi connectivity index (χ2v) is 5.67. The van der Waals surface area contributed by atoms with Crippen molar-refractivity contribution >= 4 is 11.8 Å². The van der Waals surface area contributed by atoms with Gasteiger partial charge in [-0.2, -0.15) is 0 Å². The van der Waals surface area contributed by atoms with Gasteiger partial charge in [0.15, 0.2) is 0 Å². The van der Waals surface area contributed by atoms with Crippen LogP contribution in [0.2, 0.25) is 0 Å². The van der Waals surface area contributed by atoms with Crippen LogP contribution in [0.4, 0.5) is 0 Å². The molecule has 16 heavy (non-hydrogen) atoms. The maximum Gasteiger partial charge on any atom is 0.119 e. The summed E-state index contributed by atoms with van der Waals surface area (Å²) in [6.45, 7) is 0. The van der Waals surface area contributed by atoms with Crippen molar-refractivity contribution in [1.82, 2.24) is 5.32 Å². The fourth-order valence-electron chi connectivity index (χ4n) is 2.20. The number of nitrogens with one attached hydrogen (secondary N) is 1. The fourth-order valence-corrected chi connectivity index (χ4v) is 3.35. The summed E-state index contributed by atoms with van der Waals surface area (Å²) in [5.74, 6) is 2.18. The molecule has 0 amide bonds. The average Bonchev–Trinajstić information content (AvgIpc) is 3.13. The first kappa shape index (κ1) is 10.5. The highest BCUT2D eigenvalue weighted by Gasteiger charge is 2.28. The van der Waals surface area contributed by atoms with Gasteiger partial charge in [-0.25, -0.2) is 0 Å². The fraction of sp³-hybridized carbons (Fsp3) is 0.538. The normalized spacial score (nSPS) is 23.9. The van der Waals surface area contributed by atoms with Gasteiger partial charge in [-0.1, -0.05) is 6.07 Å². The van der Waals surface area contributed by atoms with E-state index < -0.39 is 0 Å². The lowest BCUT2D eigenvalue weighted by Crippen LogP contribution is -2.26. The van der Waals surface area contributed by atoms with Gasteiger partial charge in [-0.15, -0.1) is 11.8 Å². The molecular weight excluding hydrogens is 218 g/mol. The highest BCUT2D eigenvalue weighted by molar-refractivity contribution is 7.99. The third-order valence-corrected chi connectivity index (χ3v) is 4.38. The Labute approximate surface area is 101 Å². The van der Waals surface area contributed by atoms with Crippen LogP contribution in [0.3, 0.4) is 0 Å². The summed E-state index contributed by atoms with van der Waals surface area (Å²) < 4.78 is 5.28. The zero-order chi connectivity index (χ0) is 11.0. The SMILES string of the molecule is COc1ccc2c(c1)SCCC2NC1CC1. The van der Waals surface area contributed by atoms with Crippen LogP contribution in [-0.4, -0.2) is 18.9 Å². The van der Waals surface area contributed by atoms with Crippen LogP contribution in [-0.2, 0) is 0 Å². The van der Waals surface area contributed by atoms with Gasteiger partial charge >= 0.3 is 0 Å². The molecule has 0 bridgehead atoms. The van der Waals surface area contributed by atoms with Crippen molar-refractivity contribution in [2.24, 2.45) is 0 Å². The van der Waals surface area contributed by atoms with Crippen molar-refractivity contribution in [3.63, 3.8) is 0 Å². The van der Waals surface area contributed by atoms with Crippen LogP contribution in [0.1, 0.15) is 30.9 Å². The molecule has 0 spiro atoms. The summed E-state index contributed by atoms with van der Waals surface area (Å²) in [5, 5.41) is 3.73. The quantitative estimate of drug-likeness (QED) is 0.870. The zero-order valence-electron chi connectivity index (χ0n) is 9.53. The monoisotopic (exact) mass is 235 g/mol. The highest BCUT2D eigenvalue weighted by Crippen LogP contribution is 2.39. The lowest BCUT2D eigenvalue weighted by molar-refractivity contribution is 0.412. The van der Waals surface area contributed by atoms with Crippen LogP contribution in [0.5, 0.6) is 5.75 Å². The molecule has 1 aromatic carbocycles. The molecule has 0 saturated heterocycles. The number of hydrogen-bond acceptors (Lipinski definition) is 3. The van der Waals surface area contributed by atoms with Gasteiger partial charge in [0, 0.05) is 17.0 Å². The molecule has 1 aromatic rings. The number of benzene rings is 1. The molecule has 1 fully saturated rings. The van der Waals surface area contributed by atoms with Crippen molar-refractivity contribution in [3.8, 4) is 5.75 Å². The van der Waals surface area contributed by atoms with E-state index in [4.69, 9.17) is 4.74 Å². The Morgan fingerprint density at radius 2 is 2.19 bits per heavy atom. The van der Waals surface area contributed by atoms with E-state index in [1.165, 1.54) is 35.5 Å². The van der Waals surface area contributed by atoms with E-state index in [0.29, 0.717) is 6.04 Å². The number of hydrogen-bond donors (Lipinski definition) is 1. The Kier molecular flexibility index (Phi) is 2.82. The maximum absolute atomic E-state index is 5.28. The Bertz CT molecular complexity index is 390. The van der Waals surface area contributed by atoms with Crippen molar-refractivity contribution in [3.05, 3.63) is 23.8 Å². The molecule has 86 valence electrons. The minimum Gasteiger partial charge on any atom is -0.497 e. The third kappa shape index (κ3) is 2.06. The van der Waals surface area contributed by atoms with Crippen molar-refractivity contribution in [2.75, 3.05) is 12.9 Å². The van der Waals surface area contributed by atoms with E-state index >= 15 is 0 Å². The van der Waals surface area contributed by atoms with Crippen LogP contribution in [0.25, 0.3) is 0 Å². The smallest absolute Gasteiger partial charge is 0.119 e. The van der Waals surface area contributed by atoms with Crippen molar-refractivity contribution in [2.45, 2.75) is 36.2 Å². The summed E-state index contributed by atoms with van der Waals surface area (Å²) in [5.41, 5.74) is 1.46. The molecule has 1 N–H and O–H groups in total. The third-order valence-electron chi connectivity index (χ3n) is 3.27. The lowest BCUT2D eigenvalue weighted by atomic mass is 10.0. The zero-order valence-corrected chi connectivity index (χ0v) is 10.3. The van der Waals surface area contributed by atoms with Crippen LogP contribution in [0.15, 0.2) is 23.1 Å². The molecule has 1 heterocycles. The molecule has 3 rings (SSSR count). The van der Waals surface area contributed by atoms with E-state index in [-0.39, 0.29) is 0 Å². The van der Waals surface area contributed by atoms with Crippen LogP contribution in [0, 0.1) is 0 Å². The van der Waals surface area contributed by atoms with Gasteiger partial charge in [-0.05, 0) is 42.7 Å². The van der Waals surface area contributed by atoms with E-state index in [1.54, 1.807) is 7.11 Å². The first-order chi connectivity index (χ1) is 7.86. The van der Waals surface area contributed by atoms with E-state index in [1.807, 2.05) is 11.8 Å². The first-order valence-electron chi connectivity index (χ1n) is 5.93. The summed E-state index contributed by atoms with van der Waals surface area (Å²) in [7, 11) is 1.73. The van der Waals surface area contributed by atoms with Gasteiger partial charge in [0.05, 0.1) is 7.11 Å². The second kappa shape index (κ2) is 4.30. The molecule has 1 atom stereocenters. The minimum absolute atomic E-state index is 0.564. The summed E-state index contributed by atoms with van der Waals surface area (Å²) in [6.07, 6.45) is 3.96. The molecular formula is C13H17NOS. The largest absolute Gasteiger partial charge is 0.497 e. The van der Waals surface area contributed by atoms with E-state index in [9.17, 15) is 0 Å². The molecule has 1 aliphatic heterocycles. The lowest BCUT2D eigenvalue weighted by Gasteiger charge is -2.26. The second-order valence-electron chi connectivity index (χ2n) is 4.53. The van der Waals surface area contributed by atoms with E-state index in [0.717, 1.165) is 11.8 Å². The number of rotatable bonds is 3. The number of ether oxygens (including phenoxy) is 1. The number of fused-ring (bicyclic) bond motifs is 1. The molecule has 0 aromatic heterocycles. The van der Waals surface area contributed by atoms with Crippen molar-refractivity contribution in [1.29, 1.82) is 0 Å². The van der Waals surface area contributed by atoms with Crippen LogP contribution >= 0.6 is 11.8 Å². The predicted molar refractivity (Wildman–Crippen MR) is 67.2 cm³/mol. The van der Waals surface area contributed by atoms with Crippen molar-refractivity contribution < 1.29 is 4.74 Å². The summed E-state index contributed by atoms with van der Waals surface area (Å²) in [6, 6.07) is 7.81. The minimum atomic E-state index is 0.564. The number of methoxy groups -OCH3 is 1. The molecule has 3 heteroatoms. The van der Waals surface area contributed by atoms with Gasteiger partial charge in [0.25, 0.3) is 0 Å². The molecule has 2 aliphatic rings. The van der Waals surface area contributed by atoms with Gasteiger partial charge in [0.2, 0.25) is 0 Å². The Hall–Kier alpha value is -0.670. The Morgan fingerprint density at radius 3 is 2.94 bits per heavy atom. The van der Waals surface area contributed by atoms with Gasteiger partial charge in [0.1, 0.15) is 5.75 Å². The topological polar surface area (TPSA) is 21.3 Å². The molecule has 1 saturated carbocycles. The number of thioether (sulfide) groups is 1. The standard InChI is InChI=1S/C13H17NOS/c1-15-10-4-5-11-12(14-9-2-3-9)6-7-16-13(11)8-10/h4-5,8-9,12,14H,2-3,6-7H2,1H3. The molecule has 0 radical (unpaired) electrons. The Balaban J connectivity index is 1.85. The van der Waals surface area contributed by atoms with Crippen LogP contribution < -0.4 is 10.1 Å². The summed E-state index contributed by atoms with van der Waals surface area (Å²) in [4.78, 5) is 1.39. The highest BCUT2D eigenvalue weighted by atomic mass is 32.2. The van der Waals surface area contributed by atoms with Gasteiger partial charge < -0.3 is 10.1 Å². The average molecular weight is 235 g/mol. The molecule has 1 aliphatic carbocycles. The maximum atomic E-state index is 5.28.